The monoisotopic (exact) mass is 261 g/mol. The van der Waals surface area contributed by atoms with Crippen molar-refractivity contribution in [3.8, 4) is 6.07 Å². The van der Waals surface area contributed by atoms with Crippen LogP contribution in [0.1, 0.15) is 22.4 Å². The molecule has 0 aromatic carbocycles. The third-order valence-electron chi connectivity index (χ3n) is 2.86. The quantitative estimate of drug-likeness (QED) is 0.627. The fourth-order valence-corrected chi connectivity index (χ4v) is 3.33. The number of amides is 1. The molecule has 0 saturated heterocycles. The lowest BCUT2D eigenvalue weighted by atomic mass is 10.1. The van der Waals surface area contributed by atoms with E-state index in [1.54, 1.807) is 6.08 Å². The number of thiophene rings is 1. The number of carbonyl (C=O) groups is 1. The maximum atomic E-state index is 11.7. The van der Waals surface area contributed by atoms with Crippen LogP contribution in [-0.4, -0.2) is 19.0 Å². The summed E-state index contributed by atoms with van der Waals surface area (Å²) in [5, 5.41) is 15.6. The zero-order valence-electron chi connectivity index (χ0n) is 10.1. The van der Waals surface area contributed by atoms with Gasteiger partial charge in [-0.1, -0.05) is 6.08 Å². The van der Waals surface area contributed by atoms with Gasteiger partial charge < -0.3 is 10.6 Å². The van der Waals surface area contributed by atoms with Gasteiger partial charge in [-0.05, 0) is 24.8 Å². The molecule has 0 aliphatic heterocycles. The van der Waals surface area contributed by atoms with E-state index in [1.807, 2.05) is 0 Å². The lowest BCUT2D eigenvalue weighted by molar-refractivity contribution is -0.115. The average molecular weight is 261 g/mol. The van der Waals surface area contributed by atoms with Crippen molar-refractivity contribution in [3.63, 3.8) is 0 Å². The molecule has 1 aliphatic carbocycles. The summed E-state index contributed by atoms with van der Waals surface area (Å²) in [5.74, 6) is -0.117. The van der Waals surface area contributed by atoms with Gasteiger partial charge in [-0.2, -0.15) is 5.26 Å². The molecule has 1 aromatic heterocycles. The van der Waals surface area contributed by atoms with Crippen molar-refractivity contribution in [1.82, 2.24) is 5.32 Å². The molecule has 0 saturated carbocycles. The Morgan fingerprint density at radius 1 is 1.56 bits per heavy atom. The van der Waals surface area contributed by atoms with E-state index in [9.17, 15) is 10.1 Å². The molecule has 5 heteroatoms. The molecule has 1 aliphatic rings. The molecule has 0 bridgehead atoms. The highest BCUT2D eigenvalue weighted by atomic mass is 32.1. The zero-order chi connectivity index (χ0) is 13.0. The van der Waals surface area contributed by atoms with E-state index in [0.717, 1.165) is 24.8 Å². The van der Waals surface area contributed by atoms with Gasteiger partial charge in [0.2, 0.25) is 5.91 Å². The van der Waals surface area contributed by atoms with Crippen molar-refractivity contribution < 1.29 is 4.79 Å². The molecule has 0 unspecified atom stereocenters. The first-order chi connectivity index (χ1) is 8.76. The van der Waals surface area contributed by atoms with Gasteiger partial charge in [-0.3, -0.25) is 4.79 Å². The van der Waals surface area contributed by atoms with Crippen molar-refractivity contribution in [2.75, 3.05) is 18.4 Å². The normalized spacial score (nSPS) is 12.8. The molecule has 0 fully saturated rings. The fourth-order valence-electron chi connectivity index (χ4n) is 2.07. The Morgan fingerprint density at radius 2 is 2.39 bits per heavy atom. The number of nitrogens with one attached hydrogen (secondary N) is 2. The highest BCUT2D eigenvalue weighted by molar-refractivity contribution is 7.16. The van der Waals surface area contributed by atoms with Gasteiger partial charge in [0.25, 0.3) is 0 Å². The first-order valence-corrected chi connectivity index (χ1v) is 6.74. The zero-order valence-corrected chi connectivity index (χ0v) is 10.9. The molecular weight excluding hydrogens is 246 g/mol. The summed E-state index contributed by atoms with van der Waals surface area (Å²) in [4.78, 5) is 12.9. The Kier molecular flexibility index (Phi) is 4.13. The van der Waals surface area contributed by atoms with Crippen LogP contribution >= 0.6 is 11.3 Å². The summed E-state index contributed by atoms with van der Waals surface area (Å²) in [5.41, 5.74) is 1.79. The van der Waals surface area contributed by atoms with Gasteiger partial charge >= 0.3 is 0 Å². The van der Waals surface area contributed by atoms with Crippen molar-refractivity contribution in [2.45, 2.75) is 19.3 Å². The van der Waals surface area contributed by atoms with E-state index < -0.39 is 0 Å². The Bertz CT molecular complexity index is 513. The molecule has 0 atom stereocenters. The third kappa shape index (κ3) is 2.61. The van der Waals surface area contributed by atoms with Crippen molar-refractivity contribution in [3.05, 3.63) is 28.7 Å². The van der Waals surface area contributed by atoms with E-state index in [1.165, 1.54) is 16.2 Å². The first-order valence-electron chi connectivity index (χ1n) is 5.92. The van der Waals surface area contributed by atoms with Gasteiger partial charge in [-0.15, -0.1) is 17.9 Å². The van der Waals surface area contributed by atoms with Gasteiger partial charge in [0, 0.05) is 11.4 Å². The number of hydrogen-bond donors (Lipinski definition) is 2. The highest BCUT2D eigenvalue weighted by Gasteiger charge is 2.22. The van der Waals surface area contributed by atoms with Gasteiger partial charge in [0.15, 0.2) is 0 Å². The van der Waals surface area contributed by atoms with Crippen LogP contribution in [0.3, 0.4) is 0 Å². The van der Waals surface area contributed by atoms with Crippen LogP contribution in [0, 0.1) is 11.3 Å². The molecule has 0 spiro atoms. The second-order valence-electron chi connectivity index (χ2n) is 4.14. The smallest absolute Gasteiger partial charge is 0.238 e. The van der Waals surface area contributed by atoms with E-state index in [4.69, 9.17) is 0 Å². The summed E-state index contributed by atoms with van der Waals surface area (Å²) in [6, 6.07) is 2.21. The van der Waals surface area contributed by atoms with E-state index in [0.29, 0.717) is 17.1 Å². The van der Waals surface area contributed by atoms with Crippen LogP contribution in [0.5, 0.6) is 0 Å². The Balaban J connectivity index is 2.04. The minimum Gasteiger partial charge on any atom is -0.315 e. The maximum Gasteiger partial charge on any atom is 0.238 e. The van der Waals surface area contributed by atoms with Crippen molar-refractivity contribution in [2.24, 2.45) is 0 Å². The fraction of sp³-hybridized carbons (Fsp3) is 0.385. The maximum absolute atomic E-state index is 11.7. The Hall–Kier alpha value is -1.64. The molecule has 0 radical (unpaired) electrons. The van der Waals surface area contributed by atoms with Gasteiger partial charge in [-0.25, -0.2) is 0 Å². The van der Waals surface area contributed by atoms with Gasteiger partial charge in [0.05, 0.1) is 12.1 Å². The van der Waals surface area contributed by atoms with E-state index >= 15 is 0 Å². The predicted octanol–water partition coefficient (Wildman–Crippen LogP) is 1.82. The Morgan fingerprint density at radius 3 is 3.11 bits per heavy atom. The molecule has 94 valence electrons. The molecule has 1 amide bonds. The van der Waals surface area contributed by atoms with Crippen LogP contribution in [0.15, 0.2) is 12.7 Å². The van der Waals surface area contributed by atoms with Crippen LogP contribution < -0.4 is 10.6 Å². The molecule has 4 nitrogen and oxygen atoms in total. The second-order valence-corrected chi connectivity index (χ2v) is 5.25. The second kappa shape index (κ2) is 5.80. The summed E-state index contributed by atoms with van der Waals surface area (Å²) < 4.78 is 0. The molecule has 2 rings (SSSR count). The average Bonchev–Trinajstić information content (AvgIpc) is 2.89. The number of rotatable bonds is 5. The number of aryl methyl sites for hydroxylation is 1. The van der Waals surface area contributed by atoms with Crippen LogP contribution in [0.4, 0.5) is 5.00 Å². The molecular formula is C13H15N3OS. The topological polar surface area (TPSA) is 64.9 Å². The van der Waals surface area contributed by atoms with Crippen molar-refractivity contribution in [1.29, 1.82) is 5.26 Å². The standard InChI is InChI=1S/C13H15N3OS/c1-2-6-15-8-12(17)16-13-10(7-14)9-4-3-5-11(9)18-13/h2,15H,1,3-6,8H2,(H,16,17). The van der Waals surface area contributed by atoms with Gasteiger partial charge in [0.1, 0.15) is 11.1 Å². The number of carbonyl (C=O) groups excluding carboxylic acids is 1. The number of anilines is 1. The molecule has 1 heterocycles. The Labute approximate surface area is 110 Å². The summed E-state index contributed by atoms with van der Waals surface area (Å²) in [6.45, 7) is 4.40. The van der Waals surface area contributed by atoms with Crippen LogP contribution in [-0.2, 0) is 17.6 Å². The molecule has 18 heavy (non-hydrogen) atoms. The minimum atomic E-state index is -0.117. The van der Waals surface area contributed by atoms with E-state index in [-0.39, 0.29) is 12.5 Å². The molecule has 1 aromatic rings. The highest BCUT2D eigenvalue weighted by Crippen LogP contribution is 2.38. The van der Waals surface area contributed by atoms with E-state index in [2.05, 4.69) is 23.3 Å². The number of nitrogens with zero attached hydrogens (tertiary/aromatic N) is 1. The first kappa shape index (κ1) is 12.8. The number of fused-ring (bicyclic) bond motifs is 1. The number of hydrogen-bond acceptors (Lipinski definition) is 4. The summed E-state index contributed by atoms with van der Waals surface area (Å²) in [7, 11) is 0. The van der Waals surface area contributed by atoms with Crippen LogP contribution in [0.25, 0.3) is 0 Å². The molecule has 2 N–H and O–H groups in total. The lowest BCUT2D eigenvalue weighted by Crippen LogP contribution is -2.28. The van der Waals surface area contributed by atoms with Crippen LogP contribution in [0.2, 0.25) is 0 Å². The largest absolute Gasteiger partial charge is 0.315 e. The lowest BCUT2D eigenvalue weighted by Gasteiger charge is -2.04. The van der Waals surface area contributed by atoms with Crippen molar-refractivity contribution >= 4 is 22.2 Å². The summed E-state index contributed by atoms with van der Waals surface area (Å²) >= 11 is 1.54. The minimum absolute atomic E-state index is 0.117. The summed E-state index contributed by atoms with van der Waals surface area (Å²) in [6.07, 6.45) is 4.80. The third-order valence-corrected chi connectivity index (χ3v) is 4.07. The SMILES string of the molecule is C=CCNCC(=O)Nc1sc2c(c1C#N)CCC2. The number of nitriles is 1. The predicted molar refractivity (Wildman–Crippen MR) is 72.8 cm³/mol.